The predicted octanol–water partition coefficient (Wildman–Crippen LogP) is 11.5. The zero-order valence-electron chi connectivity index (χ0n) is 22.8. The van der Waals surface area contributed by atoms with Gasteiger partial charge in [-0.3, -0.25) is 0 Å². The maximum atomic E-state index is 6.44. The molecular weight excluding hydrogens is 565 g/mol. The molecule has 0 bridgehead atoms. The lowest BCUT2D eigenvalue weighted by Gasteiger charge is -2.18. The van der Waals surface area contributed by atoms with Gasteiger partial charge in [0.05, 0.1) is 0 Å². The zero-order chi connectivity index (χ0) is 28.3. The Morgan fingerprint density at radius 3 is 1.53 bits per heavy atom. The molecule has 0 aliphatic carbocycles. The number of benzene rings is 6. The van der Waals surface area contributed by atoms with E-state index in [2.05, 4.69) is 107 Å². The van der Waals surface area contributed by atoms with Gasteiger partial charge in [0, 0.05) is 45.1 Å². The van der Waals surface area contributed by atoms with Gasteiger partial charge in [-0.05, 0) is 74.1 Å². The first-order valence-electron chi connectivity index (χ1n) is 14.1. The molecule has 202 valence electrons. The van der Waals surface area contributed by atoms with E-state index in [-0.39, 0.29) is 0 Å². The molecule has 0 spiro atoms. The molecule has 0 amide bonds. The molecular formula is C38H22N2OS2. The highest BCUT2D eigenvalue weighted by molar-refractivity contribution is 7.13. The van der Waals surface area contributed by atoms with E-state index in [1.165, 1.54) is 32.8 Å². The molecule has 0 N–H and O–H groups in total. The van der Waals surface area contributed by atoms with Crippen LogP contribution in [0.2, 0.25) is 0 Å². The quantitative estimate of drug-likeness (QED) is 0.193. The number of furan rings is 1. The monoisotopic (exact) mass is 586 g/mol. The average Bonchev–Trinajstić information content (AvgIpc) is 3.85. The summed E-state index contributed by atoms with van der Waals surface area (Å²) in [5.41, 5.74) is 8.79. The molecule has 43 heavy (non-hydrogen) atoms. The molecule has 0 saturated heterocycles. The lowest BCUT2D eigenvalue weighted by Crippen LogP contribution is -1.92. The van der Waals surface area contributed by atoms with Crippen molar-refractivity contribution in [1.82, 2.24) is 9.97 Å². The van der Waals surface area contributed by atoms with Crippen LogP contribution in [0.4, 0.5) is 0 Å². The van der Waals surface area contributed by atoms with Gasteiger partial charge < -0.3 is 4.42 Å². The summed E-state index contributed by atoms with van der Waals surface area (Å²) in [5.74, 6) is 0. The second-order valence-corrected chi connectivity index (χ2v) is 12.4. The number of thiazole rings is 2. The molecule has 3 nitrogen and oxygen atoms in total. The Morgan fingerprint density at radius 1 is 0.419 bits per heavy atom. The molecule has 0 aliphatic rings. The zero-order valence-corrected chi connectivity index (χ0v) is 24.5. The fourth-order valence-electron chi connectivity index (χ4n) is 6.36. The largest absolute Gasteiger partial charge is 0.456 e. The summed E-state index contributed by atoms with van der Waals surface area (Å²) in [4.78, 5) is 9.19. The number of aromatic nitrogens is 2. The highest BCUT2D eigenvalue weighted by Gasteiger charge is 2.20. The van der Waals surface area contributed by atoms with E-state index < -0.39 is 0 Å². The van der Waals surface area contributed by atoms with Crippen molar-refractivity contribution in [3.05, 3.63) is 132 Å². The Kier molecular flexibility index (Phi) is 5.54. The minimum Gasteiger partial charge on any atom is -0.456 e. The van der Waals surface area contributed by atoms with E-state index in [1.807, 2.05) is 35.3 Å². The summed E-state index contributed by atoms with van der Waals surface area (Å²) in [6.07, 6.45) is 3.73. The number of hydrogen-bond donors (Lipinski definition) is 0. The molecule has 9 rings (SSSR count). The third kappa shape index (κ3) is 3.93. The Balaban J connectivity index is 1.43. The molecule has 6 aromatic carbocycles. The minimum atomic E-state index is 0.892. The highest BCUT2D eigenvalue weighted by Crippen LogP contribution is 2.47. The van der Waals surface area contributed by atoms with E-state index in [0.29, 0.717) is 0 Å². The van der Waals surface area contributed by atoms with Crippen LogP contribution in [0, 0.1) is 0 Å². The fraction of sp³-hybridized carbons (Fsp3) is 0. The maximum Gasteiger partial charge on any atom is 0.136 e. The van der Waals surface area contributed by atoms with Gasteiger partial charge in [-0.15, -0.1) is 22.7 Å². The number of nitrogens with zero attached hydrogens (tertiary/aromatic N) is 2. The third-order valence-corrected chi connectivity index (χ3v) is 9.83. The molecule has 5 heteroatoms. The van der Waals surface area contributed by atoms with Crippen molar-refractivity contribution >= 4 is 66.2 Å². The maximum absolute atomic E-state index is 6.44. The third-order valence-electron chi connectivity index (χ3n) is 8.18. The van der Waals surface area contributed by atoms with Crippen LogP contribution < -0.4 is 0 Å². The van der Waals surface area contributed by atoms with E-state index in [9.17, 15) is 0 Å². The second kappa shape index (κ2) is 9.73. The van der Waals surface area contributed by atoms with Crippen LogP contribution >= 0.6 is 22.7 Å². The fourth-order valence-corrected chi connectivity index (χ4v) is 7.63. The van der Waals surface area contributed by atoms with Gasteiger partial charge in [0.1, 0.15) is 21.2 Å². The van der Waals surface area contributed by atoms with Crippen molar-refractivity contribution in [1.29, 1.82) is 0 Å². The van der Waals surface area contributed by atoms with Crippen molar-refractivity contribution < 1.29 is 4.42 Å². The molecule has 0 unspecified atom stereocenters. The van der Waals surface area contributed by atoms with Crippen LogP contribution in [0.5, 0.6) is 0 Å². The van der Waals surface area contributed by atoms with E-state index in [0.717, 1.165) is 54.0 Å². The molecule has 0 fully saturated rings. The van der Waals surface area contributed by atoms with Gasteiger partial charge in [-0.1, -0.05) is 78.9 Å². The first-order chi connectivity index (χ1) is 21.3. The van der Waals surface area contributed by atoms with Gasteiger partial charge in [-0.25, -0.2) is 9.97 Å². The molecule has 0 atom stereocenters. The average molecular weight is 587 g/mol. The summed E-state index contributed by atoms with van der Waals surface area (Å²) in [6.45, 7) is 0. The summed E-state index contributed by atoms with van der Waals surface area (Å²) >= 11 is 3.32. The van der Waals surface area contributed by atoms with Crippen molar-refractivity contribution in [2.45, 2.75) is 0 Å². The first kappa shape index (κ1) is 24.5. The smallest absolute Gasteiger partial charge is 0.136 e. The SMILES string of the molecule is c1cc(-c2nccs2)cc(-c2c3ccccc3c(-c3cccc(-c4nccs4)c3)c3cc4c(cc23)oc2ccccc24)c1. The summed E-state index contributed by atoms with van der Waals surface area (Å²) in [6, 6.07) is 39.2. The van der Waals surface area contributed by atoms with Gasteiger partial charge in [-0.2, -0.15) is 0 Å². The van der Waals surface area contributed by atoms with Crippen LogP contribution in [-0.4, -0.2) is 9.97 Å². The summed E-state index contributed by atoms with van der Waals surface area (Å²) in [5, 5.41) is 13.1. The molecule has 9 aromatic rings. The number of hydrogen-bond acceptors (Lipinski definition) is 5. The van der Waals surface area contributed by atoms with Gasteiger partial charge >= 0.3 is 0 Å². The molecule has 3 aromatic heterocycles. The van der Waals surface area contributed by atoms with Crippen LogP contribution in [-0.2, 0) is 0 Å². The summed E-state index contributed by atoms with van der Waals surface area (Å²) < 4.78 is 6.44. The Hall–Kier alpha value is -5.10. The Labute approximate surface area is 255 Å². The van der Waals surface area contributed by atoms with Crippen LogP contribution in [0.15, 0.2) is 137 Å². The van der Waals surface area contributed by atoms with E-state index in [1.54, 1.807) is 22.7 Å². The van der Waals surface area contributed by atoms with Crippen molar-refractivity contribution in [2.24, 2.45) is 0 Å². The van der Waals surface area contributed by atoms with E-state index in [4.69, 9.17) is 4.42 Å². The topological polar surface area (TPSA) is 38.9 Å². The number of rotatable bonds is 4. The normalized spacial score (nSPS) is 11.7. The highest BCUT2D eigenvalue weighted by atomic mass is 32.1. The Bertz CT molecular complexity index is 2460. The molecule has 0 radical (unpaired) electrons. The first-order valence-corrected chi connectivity index (χ1v) is 15.9. The lowest BCUT2D eigenvalue weighted by atomic mass is 9.85. The van der Waals surface area contributed by atoms with Crippen LogP contribution in [0.3, 0.4) is 0 Å². The summed E-state index contributed by atoms with van der Waals surface area (Å²) in [7, 11) is 0. The minimum absolute atomic E-state index is 0.892. The lowest BCUT2D eigenvalue weighted by molar-refractivity contribution is 0.669. The molecule has 0 saturated carbocycles. The number of fused-ring (bicyclic) bond motifs is 5. The van der Waals surface area contributed by atoms with Crippen LogP contribution in [0.25, 0.3) is 86.9 Å². The van der Waals surface area contributed by atoms with E-state index >= 15 is 0 Å². The second-order valence-electron chi connectivity index (χ2n) is 10.6. The number of para-hydroxylation sites is 1. The molecule has 3 heterocycles. The van der Waals surface area contributed by atoms with Gasteiger partial charge in [0.15, 0.2) is 0 Å². The van der Waals surface area contributed by atoms with Crippen LogP contribution in [0.1, 0.15) is 0 Å². The van der Waals surface area contributed by atoms with Crippen molar-refractivity contribution in [3.63, 3.8) is 0 Å². The Morgan fingerprint density at radius 2 is 0.953 bits per heavy atom. The standard InChI is InChI=1S/C38H22N2OS2/c1-2-13-29-28(12-1)35(23-7-5-9-25(19-23)37-39-15-17-42-37)31-21-30-27-11-3-4-14-33(27)41-34(30)22-32(31)36(29)24-8-6-10-26(20-24)38-40-16-18-43-38/h1-22H. The van der Waals surface area contributed by atoms with Crippen molar-refractivity contribution in [3.8, 4) is 43.4 Å². The van der Waals surface area contributed by atoms with Gasteiger partial charge in [0.2, 0.25) is 0 Å². The van der Waals surface area contributed by atoms with Crippen molar-refractivity contribution in [2.75, 3.05) is 0 Å². The predicted molar refractivity (Wildman–Crippen MR) is 182 cm³/mol. The molecule has 0 aliphatic heterocycles. The van der Waals surface area contributed by atoms with Gasteiger partial charge in [0.25, 0.3) is 0 Å².